The fraction of sp³-hybridized carbons (Fsp3) is 0.222. The van der Waals surface area contributed by atoms with Gasteiger partial charge in [-0.1, -0.05) is 57.2 Å². The molecule has 3 aromatic carbocycles. The maximum absolute atomic E-state index is 3.36. The van der Waals surface area contributed by atoms with E-state index in [4.69, 9.17) is 0 Å². The van der Waals surface area contributed by atoms with Gasteiger partial charge in [0.1, 0.15) is 0 Å². The van der Waals surface area contributed by atoms with Crippen LogP contribution in [0.2, 0.25) is 0 Å². The first kappa shape index (κ1) is 11.3. The Morgan fingerprint density at radius 3 is 2.22 bits per heavy atom. The molecular weight excluding hydrogens is 216 g/mol. The molecule has 0 aliphatic carbocycles. The topological polar surface area (TPSA) is 0 Å². The van der Waals surface area contributed by atoms with Gasteiger partial charge in [0, 0.05) is 0 Å². The summed E-state index contributed by atoms with van der Waals surface area (Å²) in [6.45, 7) is 6.78. The lowest BCUT2D eigenvalue weighted by Crippen LogP contribution is -2.11. The van der Waals surface area contributed by atoms with Crippen molar-refractivity contribution in [3.63, 3.8) is 0 Å². The average Bonchev–Trinajstić information content (AvgIpc) is 2.34. The van der Waals surface area contributed by atoms with E-state index in [-0.39, 0.29) is 5.41 Å². The highest BCUT2D eigenvalue weighted by molar-refractivity contribution is 5.99. The Morgan fingerprint density at radius 2 is 1.56 bits per heavy atom. The molecule has 0 amide bonds. The summed E-state index contributed by atoms with van der Waals surface area (Å²) in [5.41, 5.74) is 1.55. The summed E-state index contributed by atoms with van der Waals surface area (Å²) in [4.78, 5) is 0. The number of hydrogen-bond acceptors (Lipinski definition) is 0. The number of hydrogen-bond donors (Lipinski definition) is 0. The Hall–Kier alpha value is -1.82. The fourth-order valence-electron chi connectivity index (χ4n) is 2.54. The smallest absolute Gasteiger partial charge is 0.00958 e. The monoisotopic (exact) mass is 233 g/mol. The van der Waals surface area contributed by atoms with Gasteiger partial charge in [-0.15, -0.1) is 0 Å². The van der Waals surface area contributed by atoms with E-state index in [9.17, 15) is 0 Å². The molecule has 89 valence electrons. The summed E-state index contributed by atoms with van der Waals surface area (Å²) in [6.07, 6.45) is 0. The Bertz CT molecular complexity index is 715. The lowest BCUT2D eigenvalue weighted by Gasteiger charge is -2.21. The zero-order chi connectivity index (χ0) is 12.8. The van der Waals surface area contributed by atoms with Crippen molar-refractivity contribution in [3.05, 3.63) is 60.2 Å². The highest BCUT2D eigenvalue weighted by atomic mass is 14.2. The molecule has 0 heterocycles. The molecule has 3 aromatic rings. The van der Waals surface area contributed by atoms with Gasteiger partial charge in [0.2, 0.25) is 0 Å². The SMILES string of the molecule is CC(C)(C)c1cc[c]c2cc3ccccc3cc12. The van der Waals surface area contributed by atoms with Crippen LogP contribution < -0.4 is 0 Å². The number of rotatable bonds is 0. The van der Waals surface area contributed by atoms with E-state index in [1.807, 2.05) is 6.07 Å². The third-order valence-electron chi connectivity index (χ3n) is 3.47. The van der Waals surface area contributed by atoms with E-state index < -0.39 is 0 Å². The van der Waals surface area contributed by atoms with Crippen LogP contribution in [0.4, 0.5) is 0 Å². The van der Waals surface area contributed by atoms with Crippen molar-refractivity contribution in [2.75, 3.05) is 0 Å². The largest absolute Gasteiger partial charge is 0.0616 e. The molecule has 0 saturated heterocycles. The summed E-state index contributed by atoms with van der Waals surface area (Å²) < 4.78 is 0. The van der Waals surface area contributed by atoms with Gasteiger partial charge in [0.05, 0.1) is 0 Å². The first-order valence-corrected chi connectivity index (χ1v) is 6.39. The Labute approximate surface area is 108 Å². The van der Waals surface area contributed by atoms with E-state index in [1.54, 1.807) is 0 Å². The van der Waals surface area contributed by atoms with E-state index in [2.05, 4.69) is 69.3 Å². The maximum Gasteiger partial charge on any atom is -0.00958 e. The third kappa shape index (κ3) is 1.78. The molecule has 0 heteroatoms. The van der Waals surface area contributed by atoms with Gasteiger partial charge in [0.25, 0.3) is 0 Å². The second-order valence-corrected chi connectivity index (χ2v) is 5.89. The summed E-state index contributed by atoms with van der Waals surface area (Å²) in [5.74, 6) is 0. The van der Waals surface area contributed by atoms with Crippen LogP contribution >= 0.6 is 0 Å². The molecule has 0 aromatic heterocycles. The standard InChI is InChI=1S/C18H17/c1-18(2,3)17-10-6-9-15-11-13-7-4-5-8-14(13)12-16(15)17/h4-8,10-12H,1-3H3. The average molecular weight is 233 g/mol. The first-order chi connectivity index (χ1) is 8.55. The fourth-order valence-corrected chi connectivity index (χ4v) is 2.54. The second kappa shape index (κ2) is 3.84. The first-order valence-electron chi connectivity index (χ1n) is 6.39. The van der Waals surface area contributed by atoms with Crippen molar-refractivity contribution in [1.82, 2.24) is 0 Å². The van der Waals surface area contributed by atoms with Gasteiger partial charge in [-0.2, -0.15) is 0 Å². The van der Waals surface area contributed by atoms with Gasteiger partial charge in [-0.05, 0) is 50.7 Å². The van der Waals surface area contributed by atoms with Crippen LogP contribution in [-0.4, -0.2) is 0 Å². The van der Waals surface area contributed by atoms with Crippen molar-refractivity contribution in [3.8, 4) is 0 Å². The number of benzene rings is 3. The zero-order valence-electron chi connectivity index (χ0n) is 11.1. The van der Waals surface area contributed by atoms with Crippen molar-refractivity contribution in [1.29, 1.82) is 0 Å². The minimum absolute atomic E-state index is 0.163. The van der Waals surface area contributed by atoms with Crippen LogP contribution in [0.5, 0.6) is 0 Å². The van der Waals surface area contributed by atoms with Crippen molar-refractivity contribution >= 4 is 21.5 Å². The van der Waals surface area contributed by atoms with Gasteiger partial charge >= 0.3 is 0 Å². The predicted molar refractivity (Wildman–Crippen MR) is 79.0 cm³/mol. The van der Waals surface area contributed by atoms with Gasteiger partial charge in [-0.25, -0.2) is 0 Å². The minimum Gasteiger partial charge on any atom is -0.0616 e. The molecule has 18 heavy (non-hydrogen) atoms. The van der Waals surface area contributed by atoms with Gasteiger partial charge < -0.3 is 0 Å². The van der Waals surface area contributed by atoms with Crippen molar-refractivity contribution in [2.45, 2.75) is 26.2 Å². The molecule has 0 bridgehead atoms. The van der Waals surface area contributed by atoms with E-state index in [0.29, 0.717) is 0 Å². The molecule has 3 rings (SSSR count). The molecule has 0 saturated carbocycles. The number of fused-ring (bicyclic) bond motifs is 2. The molecule has 0 N–H and O–H groups in total. The van der Waals surface area contributed by atoms with Crippen molar-refractivity contribution < 1.29 is 0 Å². The molecule has 0 nitrogen and oxygen atoms in total. The van der Waals surface area contributed by atoms with E-state index in [1.165, 1.54) is 27.1 Å². The summed E-state index contributed by atoms with van der Waals surface area (Å²) in [6, 6.07) is 20.6. The minimum atomic E-state index is 0.163. The molecule has 0 aliphatic heterocycles. The summed E-state index contributed by atoms with van der Waals surface area (Å²) in [5, 5.41) is 5.12. The highest BCUT2D eigenvalue weighted by Crippen LogP contribution is 2.32. The lowest BCUT2D eigenvalue weighted by molar-refractivity contribution is 0.596. The molecule has 1 radical (unpaired) electrons. The van der Waals surface area contributed by atoms with Gasteiger partial charge in [-0.3, -0.25) is 0 Å². The molecule has 0 fully saturated rings. The quantitative estimate of drug-likeness (QED) is 0.474. The Kier molecular flexibility index (Phi) is 2.41. The second-order valence-electron chi connectivity index (χ2n) is 5.89. The molecule has 0 aliphatic rings. The zero-order valence-corrected chi connectivity index (χ0v) is 11.1. The van der Waals surface area contributed by atoms with Crippen molar-refractivity contribution in [2.24, 2.45) is 0 Å². The van der Waals surface area contributed by atoms with Crippen LogP contribution in [-0.2, 0) is 5.41 Å². The van der Waals surface area contributed by atoms with Crippen LogP contribution in [0.25, 0.3) is 21.5 Å². The summed E-state index contributed by atoms with van der Waals surface area (Å²) >= 11 is 0. The molecule has 0 spiro atoms. The van der Waals surface area contributed by atoms with E-state index >= 15 is 0 Å². The van der Waals surface area contributed by atoms with Crippen LogP contribution in [0.3, 0.4) is 0 Å². The van der Waals surface area contributed by atoms with Gasteiger partial charge in [0.15, 0.2) is 0 Å². The van der Waals surface area contributed by atoms with Crippen LogP contribution in [0.1, 0.15) is 26.3 Å². The van der Waals surface area contributed by atoms with Crippen LogP contribution in [0, 0.1) is 6.07 Å². The Morgan fingerprint density at radius 1 is 0.889 bits per heavy atom. The summed E-state index contributed by atoms with van der Waals surface area (Å²) in [7, 11) is 0. The lowest BCUT2D eigenvalue weighted by atomic mass is 9.83. The molecule has 0 unspecified atom stereocenters. The van der Waals surface area contributed by atoms with E-state index in [0.717, 1.165) is 0 Å². The molecule has 0 atom stereocenters. The molecular formula is C18H17. The predicted octanol–water partition coefficient (Wildman–Crippen LogP) is 5.09. The van der Waals surface area contributed by atoms with Crippen LogP contribution in [0.15, 0.2) is 48.5 Å². The maximum atomic E-state index is 3.36. The highest BCUT2D eigenvalue weighted by Gasteiger charge is 2.16. The third-order valence-corrected chi connectivity index (χ3v) is 3.47. The normalized spacial score (nSPS) is 12.2. The Balaban J connectivity index is 2.44.